The number of amides is 1. The van der Waals surface area contributed by atoms with E-state index in [2.05, 4.69) is 10.4 Å². The van der Waals surface area contributed by atoms with Crippen LogP contribution in [0, 0.1) is 0 Å². The molecule has 0 fully saturated rings. The summed E-state index contributed by atoms with van der Waals surface area (Å²) in [4.78, 5) is 13.5. The molecular weight excluding hydrogens is 322 g/mol. The maximum Gasteiger partial charge on any atom is 0.255 e. The van der Waals surface area contributed by atoms with E-state index in [4.69, 9.17) is 5.11 Å². The van der Waals surface area contributed by atoms with Crippen molar-refractivity contribution in [3.8, 4) is 10.6 Å². The molecule has 0 radical (unpaired) electrons. The number of aliphatic hydroxyl groups is 1. The zero-order chi connectivity index (χ0) is 16.9. The van der Waals surface area contributed by atoms with Gasteiger partial charge in [-0.1, -0.05) is 30.3 Å². The Balaban J connectivity index is 1.63. The number of hydrogen-bond donors (Lipinski definition) is 2. The number of rotatable bonds is 6. The zero-order valence-corrected chi connectivity index (χ0v) is 14.2. The minimum absolute atomic E-state index is 0.0452. The molecule has 6 heteroatoms. The summed E-state index contributed by atoms with van der Waals surface area (Å²) in [5.41, 5.74) is 3.32. The summed E-state index contributed by atoms with van der Waals surface area (Å²) in [7, 11) is 1.82. The van der Waals surface area contributed by atoms with Crippen LogP contribution in [0.2, 0.25) is 0 Å². The van der Waals surface area contributed by atoms with Gasteiger partial charge in [0.05, 0.1) is 17.0 Å². The van der Waals surface area contributed by atoms with E-state index in [1.54, 1.807) is 22.2 Å². The number of nitrogens with one attached hydrogen (secondary N) is 1. The van der Waals surface area contributed by atoms with Gasteiger partial charge in [0, 0.05) is 19.8 Å². The number of benzene rings is 1. The number of thiophene rings is 1. The van der Waals surface area contributed by atoms with Crippen molar-refractivity contribution >= 4 is 17.2 Å². The third-order valence-corrected chi connectivity index (χ3v) is 4.61. The molecule has 0 aliphatic heterocycles. The van der Waals surface area contributed by atoms with Crippen molar-refractivity contribution in [1.29, 1.82) is 0 Å². The fourth-order valence-electron chi connectivity index (χ4n) is 2.48. The van der Waals surface area contributed by atoms with Gasteiger partial charge in [0.1, 0.15) is 5.69 Å². The zero-order valence-electron chi connectivity index (χ0n) is 13.4. The Hall–Kier alpha value is -2.44. The molecule has 0 saturated carbocycles. The molecule has 3 rings (SSSR count). The molecule has 1 aromatic carbocycles. The summed E-state index contributed by atoms with van der Waals surface area (Å²) < 4.78 is 1.66. The molecule has 24 heavy (non-hydrogen) atoms. The first-order valence-corrected chi connectivity index (χ1v) is 8.59. The van der Waals surface area contributed by atoms with Gasteiger partial charge >= 0.3 is 0 Å². The highest BCUT2D eigenvalue weighted by Gasteiger charge is 2.17. The summed E-state index contributed by atoms with van der Waals surface area (Å²) in [5.74, 6) is -0.113. The fraction of sp³-hybridized carbons (Fsp3) is 0.222. The summed E-state index contributed by atoms with van der Waals surface area (Å²) >= 11 is 1.57. The van der Waals surface area contributed by atoms with Crippen LogP contribution >= 0.6 is 11.3 Å². The average Bonchev–Trinajstić information content (AvgIpc) is 3.24. The van der Waals surface area contributed by atoms with Crippen molar-refractivity contribution in [3.05, 3.63) is 64.7 Å². The number of carbonyl (C=O) groups excluding carboxylic acids is 1. The highest BCUT2D eigenvalue weighted by atomic mass is 32.1. The van der Waals surface area contributed by atoms with Crippen molar-refractivity contribution in [2.45, 2.75) is 13.0 Å². The van der Waals surface area contributed by atoms with E-state index in [0.29, 0.717) is 12.1 Å². The van der Waals surface area contributed by atoms with Crippen molar-refractivity contribution in [3.63, 3.8) is 0 Å². The lowest BCUT2D eigenvalue weighted by atomic mass is 10.1. The van der Waals surface area contributed by atoms with Gasteiger partial charge < -0.3 is 10.4 Å². The first-order chi connectivity index (χ1) is 11.7. The molecule has 2 aromatic heterocycles. The fourth-order valence-corrected chi connectivity index (χ4v) is 3.20. The topological polar surface area (TPSA) is 67.2 Å². The van der Waals surface area contributed by atoms with Crippen molar-refractivity contribution < 1.29 is 9.90 Å². The lowest BCUT2D eigenvalue weighted by Gasteiger charge is -2.06. The van der Waals surface area contributed by atoms with Crippen LogP contribution in [0.15, 0.2) is 48.0 Å². The molecule has 2 N–H and O–H groups in total. The summed E-state index contributed by atoms with van der Waals surface area (Å²) in [6, 6.07) is 11.6. The second kappa shape index (κ2) is 7.42. The van der Waals surface area contributed by atoms with Gasteiger partial charge in [-0.15, -0.1) is 11.3 Å². The normalized spacial score (nSPS) is 10.8. The first kappa shape index (κ1) is 16.4. The quantitative estimate of drug-likeness (QED) is 0.724. The summed E-state index contributed by atoms with van der Waals surface area (Å²) in [6.07, 6.45) is 2.49. The molecule has 0 unspecified atom stereocenters. The highest BCUT2D eigenvalue weighted by molar-refractivity contribution is 7.13. The molecule has 0 spiro atoms. The van der Waals surface area contributed by atoms with E-state index < -0.39 is 0 Å². The molecule has 124 valence electrons. The van der Waals surface area contributed by atoms with E-state index >= 15 is 0 Å². The number of aromatic nitrogens is 2. The standard InChI is InChI=1S/C18H19N3O2S/c1-21-11-15(17(20-21)16-3-2-10-24-16)18(23)19-9-8-13-4-6-14(12-22)7-5-13/h2-7,10-11,22H,8-9,12H2,1H3,(H,19,23). The van der Waals surface area contributed by atoms with Crippen LogP contribution in [0.4, 0.5) is 0 Å². The van der Waals surface area contributed by atoms with E-state index in [9.17, 15) is 4.79 Å². The molecule has 0 aliphatic rings. The van der Waals surface area contributed by atoms with Crippen LogP contribution in [0.1, 0.15) is 21.5 Å². The van der Waals surface area contributed by atoms with Crippen molar-refractivity contribution in [1.82, 2.24) is 15.1 Å². The van der Waals surface area contributed by atoms with Crippen LogP contribution in [0.25, 0.3) is 10.6 Å². The Morgan fingerprint density at radius 2 is 2.00 bits per heavy atom. The second-order valence-corrected chi connectivity index (χ2v) is 6.47. The predicted molar refractivity (Wildman–Crippen MR) is 94.9 cm³/mol. The lowest BCUT2D eigenvalue weighted by molar-refractivity contribution is 0.0954. The smallest absolute Gasteiger partial charge is 0.255 e. The van der Waals surface area contributed by atoms with Crippen LogP contribution < -0.4 is 5.32 Å². The number of carbonyl (C=O) groups is 1. The number of aryl methyl sites for hydroxylation is 1. The largest absolute Gasteiger partial charge is 0.392 e. The Labute approximate surface area is 144 Å². The third kappa shape index (κ3) is 3.72. The van der Waals surface area contributed by atoms with Crippen LogP contribution in [0.5, 0.6) is 0 Å². The molecule has 0 atom stereocenters. The maximum atomic E-state index is 12.5. The van der Waals surface area contributed by atoms with E-state index in [0.717, 1.165) is 28.1 Å². The molecule has 0 aliphatic carbocycles. The summed E-state index contributed by atoms with van der Waals surface area (Å²) in [5, 5.41) is 18.4. The Morgan fingerprint density at radius 3 is 2.67 bits per heavy atom. The Bertz CT molecular complexity index is 807. The number of hydrogen-bond acceptors (Lipinski definition) is 4. The number of aliphatic hydroxyl groups excluding tert-OH is 1. The predicted octanol–water partition coefficient (Wildman–Crippen LogP) is 2.61. The van der Waals surface area contributed by atoms with E-state index in [1.807, 2.05) is 48.8 Å². The molecule has 2 heterocycles. The summed E-state index contributed by atoms with van der Waals surface area (Å²) in [6.45, 7) is 0.597. The monoisotopic (exact) mass is 341 g/mol. The van der Waals surface area contributed by atoms with Gasteiger partial charge in [0.2, 0.25) is 0 Å². The minimum atomic E-state index is -0.113. The molecule has 5 nitrogen and oxygen atoms in total. The molecule has 3 aromatic rings. The second-order valence-electron chi connectivity index (χ2n) is 5.52. The van der Waals surface area contributed by atoms with Gasteiger partial charge in [-0.3, -0.25) is 9.48 Å². The molecule has 0 saturated heterocycles. The number of nitrogens with zero attached hydrogens (tertiary/aromatic N) is 2. The van der Waals surface area contributed by atoms with E-state index in [1.165, 1.54) is 0 Å². The minimum Gasteiger partial charge on any atom is -0.392 e. The van der Waals surface area contributed by atoms with Gasteiger partial charge in [0.15, 0.2) is 0 Å². The average molecular weight is 341 g/mol. The van der Waals surface area contributed by atoms with Gasteiger partial charge in [-0.05, 0) is 29.0 Å². The molecule has 1 amide bonds. The SMILES string of the molecule is Cn1cc(C(=O)NCCc2ccc(CO)cc2)c(-c2cccs2)n1. The molecular formula is C18H19N3O2S. The van der Waals surface area contributed by atoms with Crippen LogP contribution in [0.3, 0.4) is 0 Å². The van der Waals surface area contributed by atoms with Gasteiger partial charge in [0.25, 0.3) is 5.91 Å². The Kier molecular flexibility index (Phi) is 5.08. The third-order valence-electron chi connectivity index (χ3n) is 3.73. The van der Waals surface area contributed by atoms with Gasteiger partial charge in [-0.2, -0.15) is 5.10 Å². The van der Waals surface area contributed by atoms with Crippen LogP contribution in [-0.4, -0.2) is 27.3 Å². The Morgan fingerprint density at radius 1 is 1.25 bits per heavy atom. The van der Waals surface area contributed by atoms with E-state index in [-0.39, 0.29) is 12.5 Å². The van der Waals surface area contributed by atoms with Crippen LogP contribution in [-0.2, 0) is 20.1 Å². The van der Waals surface area contributed by atoms with Gasteiger partial charge in [-0.25, -0.2) is 0 Å². The maximum absolute atomic E-state index is 12.5. The first-order valence-electron chi connectivity index (χ1n) is 7.72. The molecule has 0 bridgehead atoms. The lowest BCUT2D eigenvalue weighted by Crippen LogP contribution is -2.25. The highest BCUT2D eigenvalue weighted by Crippen LogP contribution is 2.26. The van der Waals surface area contributed by atoms with Crippen molar-refractivity contribution in [2.75, 3.05) is 6.54 Å². The van der Waals surface area contributed by atoms with Crippen molar-refractivity contribution in [2.24, 2.45) is 7.05 Å².